The molecule has 0 aliphatic carbocycles. The number of carbonyl (C=O) groups excluding carboxylic acids is 3. The summed E-state index contributed by atoms with van der Waals surface area (Å²) in [5.74, 6) is -0.714. The lowest BCUT2D eigenvalue weighted by atomic mass is 9.96. The Hall–Kier alpha value is -3.26. The first-order valence-corrected chi connectivity index (χ1v) is 9.32. The van der Waals surface area contributed by atoms with Crippen LogP contribution in [-0.2, 0) is 4.79 Å². The predicted molar refractivity (Wildman–Crippen MR) is 114 cm³/mol. The lowest BCUT2D eigenvalue weighted by Gasteiger charge is -2.20. The van der Waals surface area contributed by atoms with Crippen molar-refractivity contribution >= 4 is 46.4 Å². The summed E-state index contributed by atoms with van der Waals surface area (Å²) in [5.41, 5.74) is 0.995. The smallest absolute Gasteiger partial charge is 0.266 e. The van der Waals surface area contributed by atoms with Gasteiger partial charge in [-0.2, -0.15) is 0 Å². The molecule has 2 aromatic carbocycles. The van der Waals surface area contributed by atoms with Gasteiger partial charge in [-0.3, -0.25) is 14.4 Å². The van der Waals surface area contributed by atoms with Crippen molar-refractivity contribution in [1.29, 1.82) is 0 Å². The number of nitrogens with one attached hydrogen (secondary N) is 2. The average Bonchev–Trinajstić information content (AvgIpc) is 2.92. The predicted octanol–water partition coefficient (Wildman–Crippen LogP) is 3.35. The zero-order chi connectivity index (χ0) is 21.3. The second-order valence-electron chi connectivity index (χ2n) is 7.54. The Bertz CT molecular complexity index is 992. The summed E-state index contributed by atoms with van der Waals surface area (Å²) in [4.78, 5) is 38.6. The Morgan fingerprint density at radius 2 is 1.62 bits per heavy atom. The van der Waals surface area contributed by atoms with E-state index < -0.39 is 17.2 Å². The number of fused-ring (bicyclic) bond motifs is 1. The Morgan fingerprint density at radius 3 is 2.14 bits per heavy atom. The standard InChI is InChI=1S/C21H21N3O4S/c1-21(2,3)19(27)23-20(29)22-12-9-10-15(16(11-12)28-4)24-17(25)13-7-5-6-8-14(13)18(24)26/h5-11H,1-4H3,(H2,22,23,27,29). The number of imide groups is 1. The first-order chi connectivity index (χ1) is 13.6. The zero-order valence-electron chi connectivity index (χ0n) is 16.5. The number of carbonyl (C=O) groups is 3. The lowest BCUT2D eigenvalue weighted by Crippen LogP contribution is -2.41. The summed E-state index contributed by atoms with van der Waals surface area (Å²) in [5, 5.41) is 5.67. The molecule has 0 saturated carbocycles. The highest BCUT2D eigenvalue weighted by Crippen LogP contribution is 2.36. The van der Waals surface area contributed by atoms with Crippen LogP contribution < -0.4 is 20.3 Å². The average molecular weight is 411 g/mol. The van der Waals surface area contributed by atoms with E-state index in [1.54, 1.807) is 63.2 Å². The van der Waals surface area contributed by atoms with Crippen molar-refractivity contribution in [2.45, 2.75) is 20.8 Å². The molecule has 7 nitrogen and oxygen atoms in total. The van der Waals surface area contributed by atoms with Crippen molar-refractivity contribution < 1.29 is 19.1 Å². The highest BCUT2D eigenvalue weighted by Gasteiger charge is 2.37. The topological polar surface area (TPSA) is 87.7 Å². The molecule has 0 radical (unpaired) electrons. The Labute approximate surface area is 174 Å². The van der Waals surface area contributed by atoms with Gasteiger partial charge in [0, 0.05) is 17.2 Å². The molecule has 150 valence electrons. The number of benzene rings is 2. The number of nitrogens with zero attached hydrogens (tertiary/aromatic N) is 1. The monoisotopic (exact) mass is 411 g/mol. The Kier molecular flexibility index (Phi) is 5.39. The number of anilines is 2. The van der Waals surface area contributed by atoms with E-state index >= 15 is 0 Å². The maximum atomic E-state index is 12.7. The molecule has 0 aromatic heterocycles. The fourth-order valence-electron chi connectivity index (χ4n) is 2.80. The number of amides is 3. The first-order valence-electron chi connectivity index (χ1n) is 8.92. The molecule has 0 atom stereocenters. The molecule has 3 rings (SSSR count). The third kappa shape index (κ3) is 3.97. The van der Waals surface area contributed by atoms with Gasteiger partial charge in [0.25, 0.3) is 11.8 Å². The first kappa shape index (κ1) is 20.5. The maximum Gasteiger partial charge on any atom is 0.266 e. The molecule has 0 saturated heterocycles. The number of ether oxygens (including phenoxy) is 1. The summed E-state index contributed by atoms with van der Waals surface area (Å²) in [6.07, 6.45) is 0. The molecule has 2 aromatic rings. The van der Waals surface area contributed by atoms with Crippen LogP contribution in [0.5, 0.6) is 5.75 Å². The van der Waals surface area contributed by atoms with Crippen molar-refractivity contribution in [1.82, 2.24) is 5.32 Å². The number of rotatable bonds is 3. The van der Waals surface area contributed by atoms with Gasteiger partial charge < -0.3 is 15.4 Å². The summed E-state index contributed by atoms with van der Waals surface area (Å²) in [6, 6.07) is 11.5. The van der Waals surface area contributed by atoms with Crippen LogP contribution in [0.25, 0.3) is 0 Å². The van der Waals surface area contributed by atoms with Gasteiger partial charge in [0.05, 0.1) is 23.9 Å². The van der Waals surface area contributed by atoms with Crippen LogP contribution in [0.3, 0.4) is 0 Å². The minimum atomic E-state index is -0.585. The van der Waals surface area contributed by atoms with Crippen LogP contribution in [0.2, 0.25) is 0 Å². The van der Waals surface area contributed by atoms with Crippen molar-refractivity contribution in [2.75, 3.05) is 17.3 Å². The minimum Gasteiger partial charge on any atom is -0.494 e. The van der Waals surface area contributed by atoms with Crippen LogP contribution in [0.15, 0.2) is 42.5 Å². The van der Waals surface area contributed by atoms with Crippen molar-refractivity contribution in [3.05, 3.63) is 53.6 Å². The number of hydrogen-bond acceptors (Lipinski definition) is 5. The van der Waals surface area contributed by atoms with Gasteiger partial charge in [-0.1, -0.05) is 32.9 Å². The van der Waals surface area contributed by atoms with Gasteiger partial charge in [-0.25, -0.2) is 4.90 Å². The molecule has 1 heterocycles. The fourth-order valence-corrected chi connectivity index (χ4v) is 3.01. The van der Waals surface area contributed by atoms with E-state index in [1.165, 1.54) is 7.11 Å². The summed E-state index contributed by atoms with van der Waals surface area (Å²) in [6.45, 7) is 5.35. The second kappa shape index (κ2) is 7.63. The lowest BCUT2D eigenvalue weighted by molar-refractivity contribution is -0.126. The molecule has 0 unspecified atom stereocenters. The molecule has 2 N–H and O–H groups in total. The third-order valence-electron chi connectivity index (χ3n) is 4.38. The van der Waals surface area contributed by atoms with Crippen LogP contribution in [0.1, 0.15) is 41.5 Å². The Morgan fingerprint density at radius 1 is 1.03 bits per heavy atom. The molecule has 1 aliphatic rings. The zero-order valence-corrected chi connectivity index (χ0v) is 17.3. The van der Waals surface area contributed by atoms with Gasteiger partial charge in [0.2, 0.25) is 5.91 Å². The quantitative estimate of drug-likeness (QED) is 0.595. The van der Waals surface area contributed by atoms with Gasteiger partial charge in [-0.15, -0.1) is 0 Å². The molecule has 29 heavy (non-hydrogen) atoms. The van der Waals surface area contributed by atoms with Gasteiger partial charge in [0.1, 0.15) is 5.75 Å². The molecule has 1 aliphatic heterocycles. The van der Waals surface area contributed by atoms with E-state index in [0.717, 1.165) is 4.90 Å². The van der Waals surface area contributed by atoms with Crippen molar-refractivity contribution in [3.63, 3.8) is 0 Å². The van der Waals surface area contributed by atoms with E-state index in [2.05, 4.69) is 10.6 Å². The summed E-state index contributed by atoms with van der Waals surface area (Å²) in [7, 11) is 1.44. The maximum absolute atomic E-state index is 12.7. The van der Waals surface area contributed by atoms with Crippen LogP contribution in [-0.4, -0.2) is 29.9 Å². The summed E-state index contributed by atoms with van der Waals surface area (Å²) >= 11 is 5.18. The third-order valence-corrected chi connectivity index (χ3v) is 4.58. The molecule has 3 amide bonds. The fraction of sp³-hybridized carbons (Fsp3) is 0.238. The van der Waals surface area contributed by atoms with Gasteiger partial charge in [-0.05, 0) is 36.5 Å². The molecular weight excluding hydrogens is 390 g/mol. The van der Waals surface area contributed by atoms with Crippen molar-refractivity contribution in [3.8, 4) is 5.75 Å². The number of thiocarbonyl (C=S) groups is 1. The minimum absolute atomic E-state index is 0.139. The summed E-state index contributed by atoms with van der Waals surface area (Å²) < 4.78 is 5.39. The van der Waals surface area contributed by atoms with E-state index in [9.17, 15) is 14.4 Å². The molecule has 0 bridgehead atoms. The normalized spacial score (nSPS) is 13.2. The van der Waals surface area contributed by atoms with Gasteiger partial charge >= 0.3 is 0 Å². The van der Waals surface area contributed by atoms with Crippen LogP contribution in [0.4, 0.5) is 11.4 Å². The van der Waals surface area contributed by atoms with Crippen molar-refractivity contribution in [2.24, 2.45) is 5.41 Å². The molecule has 0 fully saturated rings. The van der Waals surface area contributed by atoms with Crippen LogP contribution in [0, 0.1) is 5.41 Å². The molecule has 0 spiro atoms. The van der Waals surface area contributed by atoms with E-state index in [1.807, 2.05) is 0 Å². The van der Waals surface area contributed by atoms with E-state index in [-0.39, 0.29) is 11.0 Å². The highest BCUT2D eigenvalue weighted by atomic mass is 32.1. The van der Waals surface area contributed by atoms with Gasteiger partial charge in [0.15, 0.2) is 5.11 Å². The number of hydrogen-bond donors (Lipinski definition) is 2. The van der Waals surface area contributed by atoms with Crippen LogP contribution >= 0.6 is 12.2 Å². The SMILES string of the molecule is COc1cc(NC(=S)NC(=O)C(C)(C)C)ccc1N1C(=O)c2ccccc2C1=O. The second-order valence-corrected chi connectivity index (χ2v) is 7.94. The largest absolute Gasteiger partial charge is 0.494 e. The Balaban J connectivity index is 1.84. The van der Waals surface area contributed by atoms with E-state index in [0.29, 0.717) is 28.3 Å². The molecule has 8 heteroatoms. The number of methoxy groups -OCH3 is 1. The molecular formula is C21H21N3O4S. The highest BCUT2D eigenvalue weighted by molar-refractivity contribution is 7.80. The van der Waals surface area contributed by atoms with E-state index in [4.69, 9.17) is 17.0 Å².